The van der Waals surface area contributed by atoms with Crippen LogP contribution in [0.1, 0.15) is 32.6 Å². The van der Waals surface area contributed by atoms with Crippen LogP contribution in [-0.4, -0.2) is 43.6 Å². The summed E-state index contributed by atoms with van der Waals surface area (Å²) in [4.78, 5) is 11.5. The lowest BCUT2D eigenvalue weighted by Gasteiger charge is -2.30. The van der Waals surface area contributed by atoms with Gasteiger partial charge < -0.3 is 4.74 Å². The van der Waals surface area contributed by atoms with E-state index in [4.69, 9.17) is 4.74 Å². The molecule has 0 aromatic carbocycles. The molecule has 2 rings (SSSR count). The van der Waals surface area contributed by atoms with Gasteiger partial charge in [0.15, 0.2) is 0 Å². The third-order valence-electron chi connectivity index (χ3n) is 3.38. The highest BCUT2D eigenvalue weighted by Gasteiger charge is 2.41. The van der Waals surface area contributed by atoms with Crippen molar-refractivity contribution in [2.75, 3.05) is 19.7 Å². The second-order valence-electron chi connectivity index (χ2n) is 4.67. The van der Waals surface area contributed by atoms with Crippen molar-refractivity contribution < 1.29 is 17.9 Å². The summed E-state index contributed by atoms with van der Waals surface area (Å²) in [6.45, 7) is 3.09. The summed E-state index contributed by atoms with van der Waals surface area (Å²) in [5, 5.41) is -0.151. The average molecular weight is 261 g/mol. The van der Waals surface area contributed by atoms with Crippen molar-refractivity contribution >= 4 is 16.0 Å². The lowest BCUT2D eigenvalue weighted by molar-refractivity contribution is -0.149. The molecular formula is C11H19NO4S. The van der Waals surface area contributed by atoms with Gasteiger partial charge in [0.1, 0.15) is 0 Å². The normalized spacial score (nSPS) is 23.6. The third kappa shape index (κ3) is 2.80. The molecular weight excluding hydrogens is 242 g/mol. The van der Waals surface area contributed by atoms with E-state index in [1.807, 2.05) is 0 Å². The van der Waals surface area contributed by atoms with Crippen molar-refractivity contribution in [3.8, 4) is 0 Å². The van der Waals surface area contributed by atoms with Crippen LogP contribution in [0.4, 0.5) is 0 Å². The van der Waals surface area contributed by atoms with Crippen molar-refractivity contribution in [2.24, 2.45) is 5.92 Å². The van der Waals surface area contributed by atoms with Gasteiger partial charge in [-0.3, -0.25) is 4.79 Å². The highest BCUT2D eigenvalue weighted by Crippen LogP contribution is 2.33. The molecule has 17 heavy (non-hydrogen) atoms. The van der Waals surface area contributed by atoms with Gasteiger partial charge in [0.2, 0.25) is 10.0 Å². The minimum absolute atomic E-state index is 0.124. The molecule has 0 bridgehead atoms. The topological polar surface area (TPSA) is 63.7 Å². The Morgan fingerprint density at radius 2 is 1.82 bits per heavy atom. The molecule has 0 atom stereocenters. The molecule has 0 unspecified atom stereocenters. The molecule has 0 spiro atoms. The average Bonchev–Trinajstić information content (AvgIpc) is 3.13. The van der Waals surface area contributed by atoms with Gasteiger partial charge in [-0.1, -0.05) is 0 Å². The molecule has 1 aliphatic carbocycles. The summed E-state index contributed by atoms with van der Waals surface area (Å²) < 4.78 is 30.4. The molecule has 0 aromatic heterocycles. The quantitative estimate of drug-likeness (QED) is 0.701. The molecule has 5 nitrogen and oxygen atoms in total. The van der Waals surface area contributed by atoms with Crippen LogP contribution < -0.4 is 0 Å². The van der Waals surface area contributed by atoms with E-state index in [9.17, 15) is 13.2 Å². The van der Waals surface area contributed by atoms with Crippen LogP contribution in [-0.2, 0) is 19.6 Å². The highest BCUT2D eigenvalue weighted by molar-refractivity contribution is 7.90. The smallest absolute Gasteiger partial charge is 0.309 e. The number of esters is 1. The van der Waals surface area contributed by atoms with Gasteiger partial charge in [-0.2, -0.15) is 0 Å². The number of nitrogens with zero attached hydrogens (tertiary/aromatic N) is 1. The number of hydrogen-bond donors (Lipinski definition) is 0. The molecule has 1 saturated carbocycles. The van der Waals surface area contributed by atoms with Crippen molar-refractivity contribution in [2.45, 2.75) is 37.9 Å². The highest BCUT2D eigenvalue weighted by atomic mass is 32.2. The van der Waals surface area contributed by atoms with Crippen molar-refractivity contribution in [1.29, 1.82) is 0 Å². The number of sulfonamides is 1. The Balaban J connectivity index is 1.87. The first-order valence-corrected chi connectivity index (χ1v) is 7.71. The molecule has 2 fully saturated rings. The number of carbonyl (C=O) groups excluding carboxylic acids is 1. The fourth-order valence-corrected chi connectivity index (χ4v) is 4.06. The Hall–Kier alpha value is -0.620. The van der Waals surface area contributed by atoms with E-state index < -0.39 is 10.0 Å². The molecule has 0 N–H and O–H groups in total. The second-order valence-corrected chi connectivity index (χ2v) is 6.88. The summed E-state index contributed by atoms with van der Waals surface area (Å²) in [6.07, 6.45) is 2.76. The van der Waals surface area contributed by atoms with Crippen LogP contribution in [0.5, 0.6) is 0 Å². The fourth-order valence-electron chi connectivity index (χ4n) is 2.18. The zero-order valence-corrected chi connectivity index (χ0v) is 10.9. The number of piperidine rings is 1. The Morgan fingerprint density at radius 3 is 2.29 bits per heavy atom. The number of carbonyl (C=O) groups is 1. The summed E-state index contributed by atoms with van der Waals surface area (Å²) in [5.74, 6) is -0.309. The maximum absolute atomic E-state index is 12.0. The maximum atomic E-state index is 12.0. The number of ether oxygens (including phenoxy) is 1. The predicted octanol–water partition coefficient (Wildman–Crippen LogP) is 0.754. The largest absolute Gasteiger partial charge is 0.466 e. The summed E-state index contributed by atoms with van der Waals surface area (Å²) in [6, 6.07) is 0. The third-order valence-corrected chi connectivity index (χ3v) is 5.78. The monoisotopic (exact) mass is 261 g/mol. The van der Waals surface area contributed by atoms with Crippen molar-refractivity contribution in [1.82, 2.24) is 4.31 Å². The van der Waals surface area contributed by atoms with Crippen LogP contribution in [0.3, 0.4) is 0 Å². The Kier molecular flexibility index (Phi) is 3.73. The number of hydrogen-bond acceptors (Lipinski definition) is 4. The Morgan fingerprint density at radius 1 is 1.24 bits per heavy atom. The van der Waals surface area contributed by atoms with Crippen LogP contribution in [0.2, 0.25) is 0 Å². The van der Waals surface area contributed by atoms with Crippen LogP contribution >= 0.6 is 0 Å². The first kappa shape index (κ1) is 12.8. The SMILES string of the molecule is CCOC(=O)C1CCN(S(=O)(=O)C2CC2)CC1. The summed E-state index contributed by atoms with van der Waals surface area (Å²) >= 11 is 0. The molecule has 0 amide bonds. The molecule has 0 radical (unpaired) electrons. The minimum atomic E-state index is -3.07. The summed E-state index contributed by atoms with van der Waals surface area (Å²) in [5.41, 5.74) is 0. The zero-order valence-electron chi connectivity index (χ0n) is 10.1. The second kappa shape index (κ2) is 4.94. The van der Waals surface area contributed by atoms with Gasteiger partial charge in [0, 0.05) is 13.1 Å². The summed E-state index contributed by atoms with van der Waals surface area (Å²) in [7, 11) is -3.07. The van der Waals surface area contributed by atoms with Crippen molar-refractivity contribution in [3.63, 3.8) is 0 Å². The molecule has 1 saturated heterocycles. The molecule has 2 aliphatic rings. The lowest BCUT2D eigenvalue weighted by atomic mass is 9.98. The van der Waals surface area contributed by atoms with Gasteiger partial charge in [-0.05, 0) is 32.6 Å². The zero-order chi connectivity index (χ0) is 12.5. The predicted molar refractivity (Wildman–Crippen MR) is 62.9 cm³/mol. The minimum Gasteiger partial charge on any atom is -0.466 e. The molecule has 1 aliphatic heterocycles. The van der Waals surface area contributed by atoms with Gasteiger partial charge in [-0.15, -0.1) is 0 Å². The fraction of sp³-hybridized carbons (Fsp3) is 0.909. The molecule has 1 heterocycles. The van der Waals surface area contributed by atoms with Crippen LogP contribution in [0.15, 0.2) is 0 Å². The number of rotatable bonds is 4. The first-order valence-electron chi connectivity index (χ1n) is 6.21. The Bertz CT molecular complexity index is 380. The van der Waals surface area contributed by atoms with E-state index in [0.29, 0.717) is 32.5 Å². The van der Waals surface area contributed by atoms with E-state index in [-0.39, 0.29) is 17.1 Å². The first-order chi connectivity index (χ1) is 8.05. The van der Waals surface area contributed by atoms with Gasteiger partial charge in [-0.25, -0.2) is 12.7 Å². The Labute approximate surface area is 102 Å². The molecule has 98 valence electrons. The van der Waals surface area contributed by atoms with Crippen molar-refractivity contribution in [3.05, 3.63) is 0 Å². The van der Waals surface area contributed by atoms with Gasteiger partial charge >= 0.3 is 5.97 Å². The molecule has 0 aromatic rings. The van der Waals surface area contributed by atoms with Crippen LogP contribution in [0, 0.1) is 5.92 Å². The lowest BCUT2D eigenvalue weighted by Crippen LogP contribution is -2.42. The van der Waals surface area contributed by atoms with Gasteiger partial charge in [0.25, 0.3) is 0 Å². The van der Waals surface area contributed by atoms with E-state index in [1.165, 1.54) is 0 Å². The maximum Gasteiger partial charge on any atom is 0.309 e. The van der Waals surface area contributed by atoms with E-state index in [0.717, 1.165) is 12.8 Å². The molecule has 6 heteroatoms. The van der Waals surface area contributed by atoms with E-state index >= 15 is 0 Å². The van der Waals surface area contributed by atoms with Gasteiger partial charge in [0.05, 0.1) is 17.8 Å². The van der Waals surface area contributed by atoms with E-state index in [2.05, 4.69) is 0 Å². The van der Waals surface area contributed by atoms with Crippen LogP contribution in [0.25, 0.3) is 0 Å². The standard InChI is InChI=1S/C11H19NO4S/c1-2-16-11(13)9-5-7-12(8-6-9)17(14,15)10-3-4-10/h9-10H,2-8H2,1H3. The van der Waals surface area contributed by atoms with E-state index in [1.54, 1.807) is 11.2 Å².